The summed E-state index contributed by atoms with van der Waals surface area (Å²) in [5.41, 5.74) is 3.93. The predicted molar refractivity (Wildman–Crippen MR) is 120 cm³/mol. The number of amides is 1. The van der Waals surface area contributed by atoms with Gasteiger partial charge >= 0.3 is 0 Å². The Balaban J connectivity index is 1.49. The van der Waals surface area contributed by atoms with E-state index in [1.807, 2.05) is 37.3 Å². The number of nitrogens with zero attached hydrogens (tertiary/aromatic N) is 4. The van der Waals surface area contributed by atoms with E-state index < -0.39 is 0 Å². The molecule has 158 valence electrons. The molecular formula is C23H24N6O2. The summed E-state index contributed by atoms with van der Waals surface area (Å²) in [7, 11) is 0. The molecule has 8 heteroatoms. The van der Waals surface area contributed by atoms with Crippen molar-refractivity contribution >= 4 is 28.6 Å². The molecule has 4 rings (SSSR count). The maximum Gasteiger partial charge on any atom is 0.248 e. The van der Waals surface area contributed by atoms with E-state index in [2.05, 4.69) is 31.5 Å². The van der Waals surface area contributed by atoms with Gasteiger partial charge in [0.05, 0.1) is 25.1 Å². The number of hydrogen-bond acceptors (Lipinski definition) is 6. The summed E-state index contributed by atoms with van der Waals surface area (Å²) in [4.78, 5) is 19.0. The van der Waals surface area contributed by atoms with Crippen LogP contribution in [0.4, 0.5) is 17.2 Å². The van der Waals surface area contributed by atoms with Gasteiger partial charge in [0.25, 0.3) is 0 Å². The Morgan fingerprint density at radius 2 is 2.19 bits per heavy atom. The van der Waals surface area contributed by atoms with Crippen LogP contribution in [0.2, 0.25) is 0 Å². The summed E-state index contributed by atoms with van der Waals surface area (Å²) in [5, 5.41) is 10.5. The number of hydrogen-bond donors (Lipinski definition) is 2. The first-order chi connectivity index (χ1) is 15.1. The molecule has 0 unspecified atom stereocenters. The van der Waals surface area contributed by atoms with Crippen LogP contribution in [0.1, 0.15) is 11.1 Å². The fraction of sp³-hybridized carbons (Fsp3) is 0.261. The second-order valence-corrected chi connectivity index (χ2v) is 7.22. The molecule has 2 aromatic heterocycles. The van der Waals surface area contributed by atoms with Crippen molar-refractivity contribution in [3.63, 3.8) is 0 Å². The van der Waals surface area contributed by atoms with Gasteiger partial charge in [-0.2, -0.15) is 5.10 Å². The average Bonchev–Trinajstić information content (AvgIpc) is 3.10. The Kier molecular flexibility index (Phi) is 6.26. The highest BCUT2D eigenvalue weighted by atomic mass is 16.5. The molecule has 3 heterocycles. The molecule has 0 saturated carbocycles. The minimum absolute atomic E-state index is 0.184. The van der Waals surface area contributed by atoms with E-state index in [-0.39, 0.29) is 5.91 Å². The zero-order valence-electron chi connectivity index (χ0n) is 17.3. The first-order valence-corrected chi connectivity index (χ1v) is 10.1. The van der Waals surface area contributed by atoms with Crippen molar-refractivity contribution in [3.05, 3.63) is 60.1 Å². The molecule has 31 heavy (non-hydrogen) atoms. The van der Waals surface area contributed by atoms with Gasteiger partial charge in [-0.15, -0.1) is 6.42 Å². The first kappa shape index (κ1) is 20.6. The molecule has 1 amide bonds. The topological polar surface area (TPSA) is 83.8 Å². The van der Waals surface area contributed by atoms with Crippen molar-refractivity contribution < 1.29 is 9.53 Å². The summed E-state index contributed by atoms with van der Waals surface area (Å²) in [5.74, 6) is 3.07. The van der Waals surface area contributed by atoms with Crippen LogP contribution in [-0.4, -0.2) is 58.3 Å². The van der Waals surface area contributed by atoms with E-state index in [0.29, 0.717) is 11.5 Å². The van der Waals surface area contributed by atoms with Gasteiger partial charge in [0.1, 0.15) is 11.8 Å². The number of carbonyl (C=O) groups excluding carboxylic acids is 1. The fourth-order valence-corrected chi connectivity index (χ4v) is 3.47. The Morgan fingerprint density at radius 3 is 3.00 bits per heavy atom. The third kappa shape index (κ3) is 4.91. The normalized spacial score (nSPS) is 14.6. The molecule has 1 saturated heterocycles. The Bertz CT molecular complexity index is 1150. The minimum Gasteiger partial charge on any atom is -0.379 e. The molecule has 1 aromatic carbocycles. The van der Waals surface area contributed by atoms with Crippen LogP contribution in [0, 0.1) is 19.3 Å². The van der Waals surface area contributed by atoms with E-state index in [1.165, 1.54) is 6.33 Å². The number of aryl methyl sites for hydroxylation is 1. The van der Waals surface area contributed by atoms with Crippen molar-refractivity contribution in [2.24, 2.45) is 0 Å². The number of rotatable bonds is 6. The SMILES string of the molecule is C#Cc1cccc(Nc2ncnn3cc(NC(=O)/C=C/CN4CCOCC4)c(C)c23)c1. The summed E-state index contributed by atoms with van der Waals surface area (Å²) >= 11 is 0. The number of terminal acetylenes is 1. The van der Waals surface area contributed by atoms with Gasteiger partial charge in [-0.25, -0.2) is 9.50 Å². The highest BCUT2D eigenvalue weighted by molar-refractivity contribution is 6.01. The molecule has 1 fully saturated rings. The molecule has 8 nitrogen and oxygen atoms in total. The summed E-state index contributed by atoms with van der Waals surface area (Å²) in [6, 6.07) is 7.54. The summed E-state index contributed by atoms with van der Waals surface area (Å²) in [6.45, 7) is 5.89. The smallest absolute Gasteiger partial charge is 0.248 e. The van der Waals surface area contributed by atoms with Gasteiger partial charge in [0.2, 0.25) is 5.91 Å². The van der Waals surface area contributed by atoms with Crippen molar-refractivity contribution in [1.29, 1.82) is 0 Å². The fourth-order valence-electron chi connectivity index (χ4n) is 3.47. The van der Waals surface area contributed by atoms with E-state index in [4.69, 9.17) is 11.2 Å². The van der Waals surface area contributed by atoms with Gasteiger partial charge < -0.3 is 15.4 Å². The lowest BCUT2D eigenvalue weighted by Gasteiger charge is -2.24. The summed E-state index contributed by atoms with van der Waals surface area (Å²) < 4.78 is 7.03. The molecule has 2 N–H and O–H groups in total. The maximum absolute atomic E-state index is 12.4. The van der Waals surface area contributed by atoms with Gasteiger partial charge in [-0.1, -0.05) is 18.1 Å². The predicted octanol–water partition coefficient (Wildman–Crippen LogP) is 2.59. The average molecular weight is 416 g/mol. The number of ether oxygens (including phenoxy) is 1. The second kappa shape index (κ2) is 9.43. The number of nitrogens with one attached hydrogen (secondary N) is 2. The molecule has 0 spiro atoms. The Hall–Kier alpha value is -3.67. The van der Waals surface area contributed by atoms with Gasteiger partial charge in [-0.05, 0) is 25.1 Å². The van der Waals surface area contributed by atoms with Crippen LogP contribution in [0.15, 0.2) is 48.9 Å². The second-order valence-electron chi connectivity index (χ2n) is 7.22. The van der Waals surface area contributed by atoms with Crippen molar-refractivity contribution in [2.75, 3.05) is 43.5 Å². The van der Waals surface area contributed by atoms with Crippen LogP contribution in [0.3, 0.4) is 0 Å². The van der Waals surface area contributed by atoms with E-state index >= 15 is 0 Å². The third-order valence-electron chi connectivity index (χ3n) is 5.11. The zero-order chi connectivity index (χ0) is 21.6. The maximum atomic E-state index is 12.4. The largest absolute Gasteiger partial charge is 0.379 e. The lowest BCUT2D eigenvalue weighted by atomic mass is 10.2. The number of morpholine rings is 1. The van der Waals surface area contributed by atoms with Gasteiger partial charge in [0.15, 0.2) is 5.82 Å². The molecule has 0 bridgehead atoms. The molecule has 0 aliphatic carbocycles. The molecule has 1 aliphatic heterocycles. The monoisotopic (exact) mass is 416 g/mol. The zero-order valence-corrected chi connectivity index (χ0v) is 17.3. The van der Waals surface area contributed by atoms with Crippen LogP contribution >= 0.6 is 0 Å². The quantitative estimate of drug-likeness (QED) is 0.475. The van der Waals surface area contributed by atoms with E-state index in [9.17, 15) is 4.79 Å². The Morgan fingerprint density at radius 1 is 1.35 bits per heavy atom. The number of benzene rings is 1. The summed E-state index contributed by atoms with van der Waals surface area (Å²) in [6.07, 6.45) is 12.2. The number of aromatic nitrogens is 3. The van der Waals surface area contributed by atoms with Crippen LogP contribution in [-0.2, 0) is 9.53 Å². The highest BCUT2D eigenvalue weighted by Gasteiger charge is 2.14. The van der Waals surface area contributed by atoms with Crippen molar-refractivity contribution in [2.45, 2.75) is 6.92 Å². The van der Waals surface area contributed by atoms with Gasteiger partial charge in [-0.3, -0.25) is 9.69 Å². The number of carbonyl (C=O) groups is 1. The highest BCUT2D eigenvalue weighted by Crippen LogP contribution is 2.28. The molecule has 0 radical (unpaired) electrons. The first-order valence-electron chi connectivity index (χ1n) is 10.1. The van der Waals surface area contributed by atoms with Crippen LogP contribution in [0.25, 0.3) is 5.52 Å². The van der Waals surface area contributed by atoms with Crippen molar-refractivity contribution in [1.82, 2.24) is 19.5 Å². The molecular weight excluding hydrogens is 392 g/mol. The molecule has 0 atom stereocenters. The van der Waals surface area contributed by atoms with E-state index in [0.717, 1.165) is 55.2 Å². The molecule has 1 aliphatic rings. The van der Waals surface area contributed by atoms with Crippen LogP contribution < -0.4 is 10.6 Å². The van der Waals surface area contributed by atoms with E-state index in [1.54, 1.807) is 16.8 Å². The standard InChI is InChI=1S/C23H24N6O2/c1-3-18-6-4-7-19(14-18)26-23-22-17(2)20(15-29(22)25-16-24-23)27-21(30)8-5-9-28-10-12-31-13-11-28/h1,4-8,14-16H,9-13H2,2H3,(H,27,30)(H,24,25,26)/b8-5+. The van der Waals surface area contributed by atoms with Gasteiger partial charge in [0, 0.05) is 42.5 Å². The van der Waals surface area contributed by atoms with Crippen LogP contribution in [0.5, 0.6) is 0 Å². The lowest BCUT2D eigenvalue weighted by Crippen LogP contribution is -2.36. The number of fused-ring (bicyclic) bond motifs is 1. The Labute approximate surface area is 180 Å². The lowest BCUT2D eigenvalue weighted by molar-refractivity contribution is -0.111. The van der Waals surface area contributed by atoms with Crippen molar-refractivity contribution in [3.8, 4) is 12.3 Å². The number of anilines is 3. The third-order valence-corrected chi connectivity index (χ3v) is 5.11. The minimum atomic E-state index is -0.184. The molecule has 3 aromatic rings.